The van der Waals surface area contributed by atoms with Gasteiger partial charge in [0, 0.05) is 21.4 Å². The smallest absolute Gasteiger partial charge is 0.330 e. The summed E-state index contributed by atoms with van der Waals surface area (Å²) in [6.07, 6.45) is 20.6. The Bertz CT molecular complexity index is 1050. The summed E-state index contributed by atoms with van der Waals surface area (Å²) in [6, 6.07) is 12.8. The Labute approximate surface area is 251 Å². The number of unbranched alkanes of at least 4 members (excludes halogenated alkanes) is 12. The van der Waals surface area contributed by atoms with Crippen molar-refractivity contribution in [2.45, 2.75) is 114 Å². The normalized spacial score (nSPS) is 11.0. The van der Waals surface area contributed by atoms with Gasteiger partial charge in [0.25, 0.3) is 0 Å². The number of carbonyl (C=O) groups excluding carboxylic acids is 1. The zero-order chi connectivity index (χ0) is 28.7. The first kappa shape index (κ1) is 34.0. The second-order valence-electron chi connectivity index (χ2n) is 10.1. The van der Waals surface area contributed by atoms with E-state index in [4.69, 9.17) is 4.74 Å². The molecule has 0 aliphatic heterocycles. The van der Waals surface area contributed by atoms with Crippen molar-refractivity contribution < 1.29 is 13.9 Å². The minimum Gasteiger partial charge on any atom is -0.463 e. The molecule has 0 atom stereocenters. The summed E-state index contributed by atoms with van der Waals surface area (Å²) in [5, 5.41) is 3.17. The molecule has 2 aromatic carbocycles. The molecule has 0 aliphatic carbocycles. The molecule has 2 nitrogen and oxygen atoms in total. The fourth-order valence-corrected chi connectivity index (χ4v) is 5.78. The fraction of sp³-hybridized carbons (Fsp3) is 0.514. The monoisotopic (exact) mass is 582 g/mol. The van der Waals surface area contributed by atoms with Crippen molar-refractivity contribution in [3.8, 4) is 11.2 Å². The summed E-state index contributed by atoms with van der Waals surface area (Å²) in [5.41, 5.74) is 1.81. The molecule has 40 heavy (non-hydrogen) atoms. The van der Waals surface area contributed by atoms with Crippen LogP contribution in [0.1, 0.15) is 115 Å². The summed E-state index contributed by atoms with van der Waals surface area (Å²) in [4.78, 5) is 13.9. The van der Waals surface area contributed by atoms with Crippen LogP contribution in [0.3, 0.4) is 0 Å². The van der Waals surface area contributed by atoms with Gasteiger partial charge in [-0.2, -0.15) is 0 Å². The van der Waals surface area contributed by atoms with Crippen LogP contribution in [0.2, 0.25) is 0 Å². The predicted molar refractivity (Wildman–Crippen MR) is 172 cm³/mol. The van der Waals surface area contributed by atoms with Gasteiger partial charge in [-0.25, -0.2) is 9.18 Å². The van der Waals surface area contributed by atoms with Gasteiger partial charge >= 0.3 is 5.97 Å². The summed E-state index contributed by atoms with van der Waals surface area (Å²) in [6.45, 7) is 4.94. The lowest BCUT2D eigenvalue weighted by Crippen LogP contribution is -2.02. The van der Waals surface area contributed by atoms with Crippen LogP contribution in [-0.2, 0) is 9.53 Å². The van der Waals surface area contributed by atoms with E-state index in [9.17, 15) is 9.18 Å². The second-order valence-corrected chi connectivity index (χ2v) is 12.1. The zero-order valence-corrected chi connectivity index (χ0v) is 26.2. The summed E-state index contributed by atoms with van der Waals surface area (Å²) in [5.74, 6) is 3.69. The summed E-state index contributed by atoms with van der Waals surface area (Å²) in [7, 11) is 0. The van der Waals surface area contributed by atoms with Gasteiger partial charge in [-0.15, -0.1) is 11.8 Å². The SMILES string of the molecule is CCCCCCCCCCSc1cc(F)ccc1C#CSc1ccc(/C=C/C(=O)OCCCCCCCC)cc1. The van der Waals surface area contributed by atoms with Crippen molar-refractivity contribution in [3.05, 3.63) is 65.5 Å². The molecule has 0 unspecified atom stereocenters. The van der Waals surface area contributed by atoms with E-state index in [0.717, 1.165) is 45.9 Å². The van der Waals surface area contributed by atoms with Crippen molar-refractivity contribution in [3.63, 3.8) is 0 Å². The van der Waals surface area contributed by atoms with Gasteiger partial charge in [-0.05, 0) is 77.6 Å². The topological polar surface area (TPSA) is 26.3 Å². The van der Waals surface area contributed by atoms with Crippen LogP contribution in [-0.4, -0.2) is 18.3 Å². The van der Waals surface area contributed by atoms with Crippen LogP contribution in [0.5, 0.6) is 0 Å². The number of benzene rings is 2. The molecule has 0 heterocycles. The van der Waals surface area contributed by atoms with E-state index in [1.165, 1.54) is 94.5 Å². The molecule has 2 rings (SSSR count). The maximum Gasteiger partial charge on any atom is 0.330 e. The van der Waals surface area contributed by atoms with Gasteiger partial charge in [0.15, 0.2) is 0 Å². The van der Waals surface area contributed by atoms with E-state index in [0.29, 0.717) is 6.61 Å². The van der Waals surface area contributed by atoms with Crippen molar-refractivity contribution in [1.82, 2.24) is 0 Å². The van der Waals surface area contributed by atoms with Gasteiger partial charge in [0.1, 0.15) is 5.82 Å². The van der Waals surface area contributed by atoms with Crippen LogP contribution < -0.4 is 0 Å². The number of ether oxygens (including phenoxy) is 1. The highest BCUT2D eigenvalue weighted by atomic mass is 32.2. The molecule has 0 bridgehead atoms. The number of rotatable bonds is 20. The van der Waals surface area contributed by atoms with E-state index in [1.54, 1.807) is 30.0 Å². The Balaban J connectivity index is 1.73. The lowest BCUT2D eigenvalue weighted by atomic mass is 10.1. The van der Waals surface area contributed by atoms with Crippen molar-refractivity contribution in [2.24, 2.45) is 0 Å². The molecule has 0 aliphatic rings. The Kier molecular flexibility index (Phi) is 19.2. The molecule has 0 aromatic heterocycles. The first-order valence-electron chi connectivity index (χ1n) is 15.2. The van der Waals surface area contributed by atoms with Crippen LogP contribution in [0.15, 0.2) is 58.3 Å². The molecule has 5 heteroatoms. The molecule has 0 amide bonds. The Hall–Kier alpha value is -2.16. The first-order chi connectivity index (χ1) is 19.6. The van der Waals surface area contributed by atoms with E-state index in [-0.39, 0.29) is 11.8 Å². The Morgan fingerprint density at radius 2 is 1.45 bits per heavy atom. The highest BCUT2D eigenvalue weighted by Crippen LogP contribution is 2.26. The first-order valence-corrected chi connectivity index (χ1v) is 17.0. The average molecular weight is 583 g/mol. The maximum absolute atomic E-state index is 13.9. The third kappa shape index (κ3) is 16.2. The number of hydrogen-bond donors (Lipinski definition) is 0. The molecule has 0 saturated carbocycles. The third-order valence-electron chi connectivity index (χ3n) is 6.59. The number of thioether (sulfide) groups is 2. The van der Waals surface area contributed by atoms with E-state index in [1.807, 2.05) is 24.3 Å². The third-order valence-corrected chi connectivity index (χ3v) is 8.44. The molecule has 0 fully saturated rings. The quantitative estimate of drug-likeness (QED) is 0.0510. The lowest BCUT2D eigenvalue weighted by molar-refractivity contribution is -0.137. The van der Waals surface area contributed by atoms with Gasteiger partial charge in [0.05, 0.1) is 6.61 Å². The maximum atomic E-state index is 13.9. The minimum absolute atomic E-state index is 0.216. The Morgan fingerprint density at radius 3 is 2.12 bits per heavy atom. The van der Waals surface area contributed by atoms with Crippen molar-refractivity contribution in [2.75, 3.05) is 12.4 Å². The Morgan fingerprint density at radius 1 is 0.825 bits per heavy atom. The highest BCUT2D eigenvalue weighted by Gasteiger charge is 2.04. The second kappa shape index (κ2) is 22.5. The molecular weight excluding hydrogens is 536 g/mol. The fourth-order valence-electron chi connectivity index (χ4n) is 4.19. The summed E-state index contributed by atoms with van der Waals surface area (Å²) < 4.78 is 19.2. The van der Waals surface area contributed by atoms with Gasteiger partial charge in [0.2, 0.25) is 0 Å². The number of carbonyl (C=O) groups is 1. The molecule has 0 radical (unpaired) electrons. The molecular formula is C35H47FO2S2. The van der Waals surface area contributed by atoms with E-state index in [2.05, 4.69) is 25.0 Å². The zero-order valence-electron chi connectivity index (χ0n) is 24.5. The van der Waals surface area contributed by atoms with E-state index >= 15 is 0 Å². The standard InChI is InChI=1S/C35H47FO2S2/c1-3-5-7-9-11-12-14-16-27-40-34-29-32(36)21-20-31(34)25-28-39-33-22-17-30(18-23-33)19-24-35(37)38-26-15-13-10-8-6-4-2/h17-24,29H,3-16,26-27H2,1-2H3/b24-19+. The molecule has 0 saturated heterocycles. The number of esters is 1. The molecule has 218 valence electrons. The minimum atomic E-state index is -0.298. The number of hydrogen-bond acceptors (Lipinski definition) is 4. The molecule has 0 spiro atoms. The van der Waals surface area contributed by atoms with Gasteiger partial charge < -0.3 is 4.74 Å². The lowest BCUT2D eigenvalue weighted by Gasteiger charge is -2.05. The van der Waals surface area contributed by atoms with Gasteiger partial charge in [-0.1, -0.05) is 109 Å². The van der Waals surface area contributed by atoms with Crippen LogP contribution >= 0.6 is 23.5 Å². The summed E-state index contributed by atoms with van der Waals surface area (Å²) >= 11 is 3.15. The highest BCUT2D eigenvalue weighted by molar-refractivity contribution is 8.04. The van der Waals surface area contributed by atoms with Crippen molar-refractivity contribution in [1.29, 1.82) is 0 Å². The predicted octanol–water partition coefficient (Wildman–Crippen LogP) is 11.1. The molecule has 2 aromatic rings. The van der Waals surface area contributed by atoms with Gasteiger partial charge in [-0.3, -0.25) is 0 Å². The largest absolute Gasteiger partial charge is 0.463 e. The number of halogens is 1. The average Bonchev–Trinajstić information content (AvgIpc) is 2.96. The van der Waals surface area contributed by atoms with Crippen LogP contribution in [0.4, 0.5) is 4.39 Å². The van der Waals surface area contributed by atoms with Crippen molar-refractivity contribution >= 4 is 35.6 Å². The van der Waals surface area contributed by atoms with Crippen LogP contribution in [0.25, 0.3) is 6.08 Å². The van der Waals surface area contributed by atoms with E-state index < -0.39 is 0 Å². The molecule has 0 N–H and O–H groups in total. The van der Waals surface area contributed by atoms with Crippen LogP contribution in [0, 0.1) is 17.0 Å².